The maximum Gasteiger partial charge on any atom is 0.125 e. The topological polar surface area (TPSA) is 58.9 Å². The van der Waals surface area contributed by atoms with Crippen molar-refractivity contribution in [2.75, 3.05) is 14.2 Å². The van der Waals surface area contributed by atoms with Gasteiger partial charge in [0.25, 0.3) is 0 Å². The van der Waals surface area contributed by atoms with Crippen LogP contribution in [-0.4, -0.2) is 24.4 Å². The molecule has 0 radical (unpaired) electrons. The molecule has 0 saturated heterocycles. The monoisotopic (exact) mass is 330 g/mol. The lowest BCUT2D eigenvalue weighted by atomic mass is 9.93. The van der Waals surface area contributed by atoms with E-state index in [-0.39, 0.29) is 11.5 Å². The molecule has 130 valence electrons. The molecule has 2 aromatic carbocycles. The number of aryl methyl sites for hydroxylation is 1. The average molecular weight is 330 g/mol. The number of hydrogen-bond donors (Lipinski definition) is 2. The number of benzene rings is 2. The van der Waals surface area contributed by atoms with Crippen LogP contribution in [0, 0.1) is 20.8 Å². The standard InChI is InChI=1S/C20H26O4/c1-12-13(2)20(24-5)17(14(3)19(12)23-4)8-6-7-15-9-10-16(21)11-18(15)22/h9-11,21-22H,6-8H2,1-5H3. The van der Waals surface area contributed by atoms with Gasteiger partial charge in [0, 0.05) is 11.6 Å². The molecule has 0 aliphatic carbocycles. The predicted octanol–water partition coefficient (Wildman–Crippen LogP) is 4.22. The van der Waals surface area contributed by atoms with Crippen LogP contribution >= 0.6 is 0 Å². The molecule has 0 aliphatic heterocycles. The highest BCUT2D eigenvalue weighted by atomic mass is 16.5. The second kappa shape index (κ2) is 7.47. The summed E-state index contributed by atoms with van der Waals surface area (Å²) in [4.78, 5) is 0. The number of rotatable bonds is 6. The first kappa shape index (κ1) is 18.0. The number of ether oxygens (including phenoxy) is 2. The Kier molecular flexibility index (Phi) is 5.60. The molecule has 2 aromatic rings. The zero-order valence-electron chi connectivity index (χ0n) is 15.1. The lowest BCUT2D eigenvalue weighted by Gasteiger charge is -2.20. The Hall–Kier alpha value is -2.36. The molecule has 24 heavy (non-hydrogen) atoms. The Morgan fingerprint density at radius 2 is 1.46 bits per heavy atom. The van der Waals surface area contributed by atoms with Gasteiger partial charge in [-0.1, -0.05) is 6.07 Å². The summed E-state index contributed by atoms with van der Waals surface area (Å²) in [5.41, 5.74) is 5.29. The molecule has 2 N–H and O–H groups in total. The normalized spacial score (nSPS) is 10.7. The second-order valence-electron chi connectivity index (χ2n) is 6.09. The number of aromatic hydroxyl groups is 2. The zero-order chi connectivity index (χ0) is 17.9. The fraction of sp³-hybridized carbons (Fsp3) is 0.400. The van der Waals surface area contributed by atoms with Crippen molar-refractivity contribution in [2.45, 2.75) is 40.0 Å². The van der Waals surface area contributed by atoms with Crippen molar-refractivity contribution < 1.29 is 19.7 Å². The lowest BCUT2D eigenvalue weighted by Crippen LogP contribution is -2.04. The molecule has 2 rings (SSSR count). The van der Waals surface area contributed by atoms with E-state index in [0.717, 1.165) is 58.6 Å². The molecule has 0 unspecified atom stereocenters. The van der Waals surface area contributed by atoms with E-state index >= 15 is 0 Å². The van der Waals surface area contributed by atoms with Crippen molar-refractivity contribution in [3.8, 4) is 23.0 Å². The van der Waals surface area contributed by atoms with Gasteiger partial charge in [0.05, 0.1) is 14.2 Å². The van der Waals surface area contributed by atoms with E-state index in [1.165, 1.54) is 6.07 Å². The number of phenols is 2. The lowest BCUT2D eigenvalue weighted by molar-refractivity contribution is 0.390. The Labute approximate surface area is 143 Å². The third-order valence-corrected chi connectivity index (χ3v) is 4.66. The quantitative estimate of drug-likeness (QED) is 0.833. The summed E-state index contributed by atoms with van der Waals surface area (Å²) in [5, 5.41) is 19.3. The van der Waals surface area contributed by atoms with Crippen LogP contribution in [0.15, 0.2) is 18.2 Å². The summed E-state index contributed by atoms with van der Waals surface area (Å²) in [6, 6.07) is 4.73. The van der Waals surface area contributed by atoms with Gasteiger partial charge in [-0.3, -0.25) is 0 Å². The minimum atomic E-state index is 0.0765. The largest absolute Gasteiger partial charge is 0.508 e. The van der Waals surface area contributed by atoms with E-state index in [2.05, 4.69) is 6.92 Å². The van der Waals surface area contributed by atoms with Gasteiger partial charge in [0.1, 0.15) is 23.0 Å². The van der Waals surface area contributed by atoms with E-state index in [4.69, 9.17) is 9.47 Å². The number of methoxy groups -OCH3 is 2. The minimum Gasteiger partial charge on any atom is -0.508 e. The maximum atomic E-state index is 9.90. The van der Waals surface area contributed by atoms with Crippen molar-refractivity contribution in [1.29, 1.82) is 0 Å². The van der Waals surface area contributed by atoms with Crippen LogP contribution in [0.1, 0.15) is 34.2 Å². The van der Waals surface area contributed by atoms with Gasteiger partial charge in [-0.25, -0.2) is 0 Å². The molecule has 0 amide bonds. The van der Waals surface area contributed by atoms with E-state index in [1.54, 1.807) is 26.4 Å². The van der Waals surface area contributed by atoms with Crippen LogP contribution in [0.25, 0.3) is 0 Å². The molecule has 0 heterocycles. The summed E-state index contributed by atoms with van der Waals surface area (Å²) >= 11 is 0. The minimum absolute atomic E-state index is 0.0765. The molecule has 4 nitrogen and oxygen atoms in total. The van der Waals surface area contributed by atoms with Crippen LogP contribution in [0.3, 0.4) is 0 Å². The van der Waals surface area contributed by atoms with Crippen LogP contribution in [0.2, 0.25) is 0 Å². The first-order valence-corrected chi connectivity index (χ1v) is 8.12. The highest BCUT2D eigenvalue weighted by Crippen LogP contribution is 2.38. The second-order valence-corrected chi connectivity index (χ2v) is 6.09. The molecule has 4 heteroatoms. The Morgan fingerprint density at radius 3 is 2.04 bits per heavy atom. The van der Waals surface area contributed by atoms with Gasteiger partial charge in [-0.15, -0.1) is 0 Å². The van der Waals surface area contributed by atoms with Gasteiger partial charge in [0.15, 0.2) is 0 Å². The molecular formula is C20H26O4. The van der Waals surface area contributed by atoms with Crippen molar-refractivity contribution in [3.63, 3.8) is 0 Å². The van der Waals surface area contributed by atoms with Crippen molar-refractivity contribution in [2.24, 2.45) is 0 Å². The van der Waals surface area contributed by atoms with E-state index in [1.807, 2.05) is 13.8 Å². The summed E-state index contributed by atoms with van der Waals surface area (Å²) < 4.78 is 11.2. The summed E-state index contributed by atoms with van der Waals surface area (Å²) in [6.45, 7) is 6.15. The number of phenolic OH excluding ortho intramolecular Hbond substituents is 2. The van der Waals surface area contributed by atoms with E-state index < -0.39 is 0 Å². The van der Waals surface area contributed by atoms with Crippen LogP contribution < -0.4 is 9.47 Å². The van der Waals surface area contributed by atoms with Gasteiger partial charge in [0.2, 0.25) is 0 Å². The zero-order valence-corrected chi connectivity index (χ0v) is 15.1. The summed E-state index contributed by atoms with van der Waals surface area (Å²) in [7, 11) is 3.39. The fourth-order valence-electron chi connectivity index (χ4n) is 3.26. The van der Waals surface area contributed by atoms with E-state index in [9.17, 15) is 10.2 Å². The molecule has 0 atom stereocenters. The van der Waals surface area contributed by atoms with Crippen molar-refractivity contribution in [1.82, 2.24) is 0 Å². The Balaban J connectivity index is 2.24. The fourth-order valence-corrected chi connectivity index (χ4v) is 3.26. The van der Waals surface area contributed by atoms with Crippen LogP contribution in [-0.2, 0) is 12.8 Å². The Morgan fingerprint density at radius 1 is 0.833 bits per heavy atom. The number of hydrogen-bond acceptors (Lipinski definition) is 4. The maximum absolute atomic E-state index is 9.90. The molecule has 0 aromatic heterocycles. The first-order chi connectivity index (χ1) is 11.4. The molecule has 0 fully saturated rings. The summed E-state index contributed by atoms with van der Waals surface area (Å²) in [6.07, 6.45) is 2.41. The molecule has 0 bridgehead atoms. The third-order valence-electron chi connectivity index (χ3n) is 4.66. The van der Waals surface area contributed by atoms with Crippen molar-refractivity contribution >= 4 is 0 Å². The average Bonchev–Trinajstić information content (AvgIpc) is 2.55. The van der Waals surface area contributed by atoms with Gasteiger partial charge in [-0.2, -0.15) is 0 Å². The predicted molar refractivity (Wildman–Crippen MR) is 95.6 cm³/mol. The van der Waals surface area contributed by atoms with Crippen LogP contribution in [0.5, 0.6) is 23.0 Å². The molecule has 0 spiro atoms. The van der Waals surface area contributed by atoms with E-state index in [0.29, 0.717) is 0 Å². The van der Waals surface area contributed by atoms with Crippen molar-refractivity contribution in [3.05, 3.63) is 46.0 Å². The third kappa shape index (κ3) is 3.42. The van der Waals surface area contributed by atoms with Crippen LogP contribution in [0.4, 0.5) is 0 Å². The Bertz CT molecular complexity index is 735. The molecular weight excluding hydrogens is 304 g/mol. The molecule has 0 aliphatic rings. The highest BCUT2D eigenvalue weighted by molar-refractivity contribution is 5.58. The summed E-state index contributed by atoms with van der Waals surface area (Å²) in [5.74, 6) is 2.04. The smallest absolute Gasteiger partial charge is 0.125 e. The van der Waals surface area contributed by atoms with Gasteiger partial charge < -0.3 is 19.7 Å². The van der Waals surface area contributed by atoms with Gasteiger partial charge in [-0.05, 0) is 68.4 Å². The highest BCUT2D eigenvalue weighted by Gasteiger charge is 2.18. The van der Waals surface area contributed by atoms with Gasteiger partial charge >= 0.3 is 0 Å². The SMILES string of the molecule is COc1c(C)c(C)c(OC)c(CCCc2ccc(O)cc2O)c1C. The molecule has 0 saturated carbocycles. The first-order valence-electron chi connectivity index (χ1n) is 8.12.